The molecule has 4 nitrogen and oxygen atoms in total. The van der Waals surface area contributed by atoms with Gasteiger partial charge < -0.3 is 14.9 Å². The first-order valence-corrected chi connectivity index (χ1v) is 7.51. The van der Waals surface area contributed by atoms with Crippen molar-refractivity contribution in [3.05, 3.63) is 47.5 Å². The SMILES string of the molecule is COc1cccc(-c2nc(-c3ccco3)c(CCN)s2)c1. The highest BCUT2D eigenvalue weighted by atomic mass is 32.1. The number of nitrogens with two attached hydrogens (primary N) is 1. The van der Waals surface area contributed by atoms with Gasteiger partial charge in [-0.15, -0.1) is 11.3 Å². The van der Waals surface area contributed by atoms with E-state index in [1.165, 1.54) is 0 Å². The van der Waals surface area contributed by atoms with Gasteiger partial charge in [-0.1, -0.05) is 12.1 Å². The topological polar surface area (TPSA) is 61.3 Å². The van der Waals surface area contributed by atoms with Crippen molar-refractivity contribution in [2.75, 3.05) is 13.7 Å². The molecule has 0 saturated heterocycles. The fourth-order valence-corrected chi connectivity index (χ4v) is 3.22. The molecule has 108 valence electrons. The molecule has 0 aliphatic heterocycles. The lowest BCUT2D eigenvalue weighted by Gasteiger charge is -2.01. The van der Waals surface area contributed by atoms with E-state index < -0.39 is 0 Å². The van der Waals surface area contributed by atoms with E-state index in [1.54, 1.807) is 24.7 Å². The van der Waals surface area contributed by atoms with Crippen molar-refractivity contribution in [3.63, 3.8) is 0 Å². The Hall–Kier alpha value is -2.11. The molecule has 0 aliphatic rings. The second-order valence-electron chi connectivity index (χ2n) is 4.54. The van der Waals surface area contributed by atoms with Crippen LogP contribution in [0, 0.1) is 0 Å². The molecule has 0 saturated carbocycles. The van der Waals surface area contributed by atoms with Gasteiger partial charge in [-0.2, -0.15) is 0 Å². The van der Waals surface area contributed by atoms with Crippen LogP contribution >= 0.6 is 11.3 Å². The van der Waals surface area contributed by atoms with Crippen LogP contribution in [-0.4, -0.2) is 18.6 Å². The Labute approximate surface area is 127 Å². The third-order valence-corrected chi connectivity index (χ3v) is 4.30. The van der Waals surface area contributed by atoms with Crippen molar-refractivity contribution >= 4 is 11.3 Å². The van der Waals surface area contributed by atoms with Crippen molar-refractivity contribution in [2.24, 2.45) is 5.73 Å². The number of aromatic nitrogens is 1. The molecule has 0 amide bonds. The summed E-state index contributed by atoms with van der Waals surface area (Å²) in [5.74, 6) is 1.60. The number of methoxy groups -OCH3 is 1. The molecule has 2 aromatic heterocycles. The zero-order chi connectivity index (χ0) is 14.7. The van der Waals surface area contributed by atoms with Gasteiger partial charge in [0, 0.05) is 10.4 Å². The van der Waals surface area contributed by atoms with E-state index in [4.69, 9.17) is 19.9 Å². The summed E-state index contributed by atoms with van der Waals surface area (Å²) in [6.45, 7) is 0.591. The first kappa shape index (κ1) is 13.9. The average molecular weight is 300 g/mol. The molecule has 0 radical (unpaired) electrons. The number of benzene rings is 1. The van der Waals surface area contributed by atoms with Crippen LogP contribution < -0.4 is 10.5 Å². The highest BCUT2D eigenvalue weighted by Gasteiger charge is 2.16. The molecule has 0 unspecified atom stereocenters. The van der Waals surface area contributed by atoms with Crippen LogP contribution in [0.3, 0.4) is 0 Å². The Morgan fingerprint density at radius 3 is 2.90 bits per heavy atom. The minimum absolute atomic E-state index is 0.591. The molecule has 0 bridgehead atoms. The number of ether oxygens (including phenoxy) is 1. The van der Waals surface area contributed by atoms with Crippen LogP contribution in [0.4, 0.5) is 0 Å². The molecule has 1 aromatic carbocycles. The van der Waals surface area contributed by atoms with E-state index in [2.05, 4.69) is 0 Å². The van der Waals surface area contributed by atoms with Gasteiger partial charge in [0.05, 0.1) is 13.4 Å². The van der Waals surface area contributed by atoms with Gasteiger partial charge in [0.25, 0.3) is 0 Å². The minimum atomic E-state index is 0.591. The van der Waals surface area contributed by atoms with E-state index in [-0.39, 0.29) is 0 Å². The number of rotatable bonds is 5. The lowest BCUT2D eigenvalue weighted by molar-refractivity contribution is 0.415. The molecular weight excluding hydrogens is 284 g/mol. The van der Waals surface area contributed by atoms with Gasteiger partial charge in [0.1, 0.15) is 16.5 Å². The van der Waals surface area contributed by atoms with Crippen molar-refractivity contribution in [1.82, 2.24) is 4.98 Å². The van der Waals surface area contributed by atoms with Crippen LogP contribution in [0.15, 0.2) is 47.1 Å². The highest BCUT2D eigenvalue weighted by molar-refractivity contribution is 7.15. The van der Waals surface area contributed by atoms with Crippen molar-refractivity contribution in [3.8, 4) is 27.8 Å². The van der Waals surface area contributed by atoms with Crippen LogP contribution in [0.1, 0.15) is 4.88 Å². The molecule has 2 heterocycles. The van der Waals surface area contributed by atoms with Crippen LogP contribution in [0.25, 0.3) is 22.0 Å². The Morgan fingerprint density at radius 2 is 2.19 bits per heavy atom. The predicted molar refractivity (Wildman–Crippen MR) is 84.6 cm³/mol. The summed E-state index contributed by atoms with van der Waals surface area (Å²) in [5, 5.41) is 0.948. The van der Waals surface area contributed by atoms with Gasteiger partial charge in [0.15, 0.2) is 5.76 Å². The average Bonchev–Trinajstić information content (AvgIpc) is 3.16. The van der Waals surface area contributed by atoms with Gasteiger partial charge in [-0.05, 0) is 37.2 Å². The third kappa shape index (κ3) is 2.84. The summed E-state index contributed by atoms with van der Waals surface area (Å²) in [6.07, 6.45) is 2.45. The minimum Gasteiger partial charge on any atom is -0.497 e. The Kier molecular flexibility index (Phi) is 4.03. The largest absolute Gasteiger partial charge is 0.497 e. The summed E-state index contributed by atoms with van der Waals surface area (Å²) in [7, 11) is 1.66. The number of hydrogen-bond donors (Lipinski definition) is 1. The summed E-state index contributed by atoms with van der Waals surface area (Å²) in [4.78, 5) is 5.87. The first-order chi connectivity index (χ1) is 10.3. The summed E-state index contributed by atoms with van der Waals surface area (Å²) in [5.41, 5.74) is 7.62. The summed E-state index contributed by atoms with van der Waals surface area (Å²) in [6, 6.07) is 11.7. The maximum atomic E-state index is 5.70. The second kappa shape index (κ2) is 6.11. The summed E-state index contributed by atoms with van der Waals surface area (Å²) >= 11 is 1.65. The fraction of sp³-hybridized carbons (Fsp3) is 0.188. The van der Waals surface area contributed by atoms with Gasteiger partial charge in [-0.3, -0.25) is 0 Å². The lowest BCUT2D eigenvalue weighted by atomic mass is 10.2. The Morgan fingerprint density at radius 1 is 1.29 bits per heavy atom. The zero-order valence-corrected chi connectivity index (χ0v) is 12.5. The third-order valence-electron chi connectivity index (χ3n) is 3.14. The molecule has 0 spiro atoms. The standard InChI is InChI=1S/C16H16N2O2S/c1-19-12-5-2-4-11(10-12)16-18-15(13-6-3-9-20-13)14(21-16)7-8-17/h2-6,9-10H,7-8,17H2,1H3. The molecular formula is C16H16N2O2S. The van der Waals surface area contributed by atoms with Crippen molar-refractivity contribution < 1.29 is 9.15 Å². The van der Waals surface area contributed by atoms with Gasteiger partial charge >= 0.3 is 0 Å². The molecule has 0 atom stereocenters. The predicted octanol–water partition coefficient (Wildman–Crippen LogP) is 3.58. The second-order valence-corrected chi connectivity index (χ2v) is 5.62. The maximum Gasteiger partial charge on any atom is 0.153 e. The first-order valence-electron chi connectivity index (χ1n) is 6.70. The lowest BCUT2D eigenvalue weighted by Crippen LogP contribution is -2.01. The Balaban J connectivity index is 2.05. The van der Waals surface area contributed by atoms with Crippen LogP contribution in [0.2, 0.25) is 0 Å². The van der Waals surface area contributed by atoms with Crippen LogP contribution in [-0.2, 0) is 6.42 Å². The number of thiazole rings is 1. The zero-order valence-electron chi connectivity index (χ0n) is 11.7. The molecule has 2 N–H and O–H groups in total. The van der Waals surface area contributed by atoms with Crippen molar-refractivity contribution in [2.45, 2.75) is 6.42 Å². The molecule has 5 heteroatoms. The number of furan rings is 1. The Bertz CT molecular complexity index is 720. The summed E-state index contributed by atoms with van der Waals surface area (Å²) < 4.78 is 10.8. The number of hydrogen-bond acceptors (Lipinski definition) is 5. The van der Waals surface area contributed by atoms with E-state index in [9.17, 15) is 0 Å². The van der Waals surface area contributed by atoms with Crippen molar-refractivity contribution in [1.29, 1.82) is 0 Å². The quantitative estimate of drug-likeness (QED) is 0.782. The number of nitrogens with zero attached hydrogens (tertiary/aromatic N) is 1. The highest BCUT2D eigenvalue weighted by Crippen LogP contribution is 2.35. The molecule has 3 aromatic rings. The van der Waals surface area contributed by atoms with Gasteiger partial charge in [-0.25, -0.2) is 4.98 Å². The van der Waals surface area contributed by atoms with E-state index in [1.807, 2.05) is 36.4 Å². The van der Waals surface area contributed by atoms with Crippen LogP contribution in [0.5, 0.6) is 5.75 Å². The van der Waals surface area contributed by atoms with E-state index >= 15 is 0 Å². The smallest absolute Gasteiger partial charge is 0.153 e. The molecule has 0 aliphatic carbocycles. The molecule has 21 heavy (non-hydrogen) atoms. The monoisotopic (exact) mass is 300 g/mol. The van der Waals surface area contributed by atoms with E-state index in [0.717, 1.165) is 39.1 Å². The fourth-order valence-electron chi connectivity index (χ4n) is 2.14. The van der Waals surface area contributed by atoms with E-state index in [0.29, 0.717) is 6.54 Å². The van der Waals surface area contributed by atoms with Gasteiger partial charge in [0.2, 0.25) is 0 Å². The normalized spacial score (nSPS) is 10.8. The molecule has 3 rings (SSSR count). The maximum absolute atomic E-state index is 5.70. The molecule has 0 fully saturated rings.